The van der Waals surface area contributed by atoms with E-state index in [4.69, 9.17) is 0 Å². The third-order valence-electron chi connectivity index (χ3n) is 3.49. The number of sulfone groups is 1. The van der Waals surface area contributed by atoms with Gasteiger partial charge in [-0.05, 0) is 25.2 Å². The summed E-state index contributed by atoms with van der Waals surface area (Å²) in [6, 6.07) is 0. The molecule has 0 radical (unpaired) electrons. The topological polar surface area (TPSA) is 51.2 Å². The smallest absolute Gasteiger partial charge is 0.157 e. The molecule has 16 heavy (non-hydrogen) atoms. The monoisotopic (exact) mass is 246 g/mol. The molecular formula is C12H22O3S. The molecule has 0 N–H and O–H groups in total. The van der Waals surface area contributed by atoms with E-state index in [1.807, 2.05) is 6.92 Å². The first-order valence-corrected chi connectivity index (χ1v) is 8.00. The van der Waals surface area contributed by atoms with Crippen LogP contribution >= 0.6 is 0 Å². The van der Waals surface area contributed by atoms with Crippen molar-refractivity contribution in [2.75, 3.05) is 11.5 Å². The largest absolute Gasteiger partial charge is 0.298 e. The lowest BCUT2D eigenvalue weighted by Crippen LogP contribution is -2.26. The van der Waals surface area contributed by atoms with Crippen LogP contribution in [0.3, 0.4) is 0 Å². The molecule has 0 aromatic heterocycles. The number of carbonyl (C=O) groups excluding carboxylic acids is 1. The Morgan fingerprint density at radius 1 is 1.31 bits per heavy atom. The summed E-state index contributed by atoms with van der Waals surface area (Å²) in [7, 11) is -3.17. The van der Waals surface area contributed by atoms with E-state index in [0.29, 0.717) is 5.92 Å². The predicted octanol–water partition coefficient (Wildman–Crippen LogP) is 2.21. The van der Waals surface area contributed by atoms with Crippen LogP contribution in [0.2, 0.25) is 0 Å². The first-order valence-electron chi connectivity index (χ1n) is 6.17. The van der Waals surface area contributed by atoms with Crippen molar-refractivity contribution in [3.63, 3.8) is 0 Å². The lowest BCUT2D eigenvalue weighted by molar-refractivity contribution is -0.119. The van der Waals surface area contributed by atoms with Crippen molar-refractivity contribution in [2.45, 2.75) is 46.0 Å². The fourth-order valence-corrected chi connectivity index (χ4v) is 4.07. The van der Waals surface area contributed by atoms with Crippen molar-refractivity contribution in [2.24, 2.45) is 11.8 Å². The van der Waals surface area contributed by atoms with Crippen molar-refractivity contribution in [1.82, 2.24) is 0 Å². The SMILES string of the molecule is CCC(C)C(=O)CS(=O)(=O)CC1CCCC1. The van der Waals surface area contributed by atoms with Crippen molar-refractivity contribution >= 4 is 15.6 Å². The van der Waals surface area contributed by atoms with E-state index < -0.39 is 9.84 Å². The lowest BCUT2D eigenvalue weighted by Gasteiger charge is -2.11. The predicted molar refractivity (Wildman–Crippen MR) is 65.1 cm³/mol. The molecule has 0 aliphatic heterocycles. The summed E-state index contributed by atoms with van der Waals surface area (Å²) in [5, 5.41) is 0. The van der Waals surface area contributed by atoms with E-state index in [9.17, 15) is 13.2 Å². The molecule has 1 unspecified atom stereocenters. The summed E-state index contributed by atoms with van der Waals surface area (Å²) < 4.78 is 23.6. The Morgan fingerprint density at radius 2 is 1.88 bits per heavy atom. The van der Waals surface area contributed by atoms with E-state index in [2.05, 4.69) is 0 Å². The molecule has 1 fully saturated rings. The Balaban J connectivity index is 2.47. The number of carbonyl (C=O) groups is 1. The van der Waals surface area contributed by atoms with Crippen molar-refractivity contribution in [3.8, 4) is 0 Å². The molecule has 1 aliphatic rings. The van der Waals surface area contributed by atoms with Gasteiger partial charge in [0.25, 0.3) is 0 Å². The third kappa shape index (κ3) is 4.24. The average Bonchev–Trinajstić information content (AvgIpc) is 2.67. The first-order chi connectivity index (χ1) is 7.44. The maximum absolute atomic E-state index is 11.8. The van der Waals surface area contributed by atoms with Gasteiger partial charge in [0.1, 0.15) is 5.75 Å². The summed E-state index contributed by atoms with van der Waals surface area (Å²) in [4.78, 5) is 11.6. The molecule has 1 atom stereocenters. The first kappa shape index (κ1) is 13.7. The molecule has 3 nitrogen and oxygen atoms in total. The lowest BCUT2D eigenvalue weighted by atomic mass is 10.1. The maximum Gasteiger partial charge on any atom is 0.157 e. The zero-order valence-corrected chi connectivity index (χ0v) is 11.1. The van der Waals surface area contributed by atoms with Gasteiger partial charge in [0.15, 0.2) is 15.6 Å². The van der Waals surface area contributed by atoms with Gasteiger partial charge < -0.3 is 0 Å². The molecular weight excluding hydrogens is 224 g/mol. The Hall–Kier alpha value is -0.380. The summed E-state index contributed by atoms with van der Waals surface area (Å²) in [6.07, 6.45) is 5.02. The van der Waals surface area contributed by atoms with Crippen LogP contribution in [0.15, 0.2) is 0 Å². The minimum absolute atomic E-state index is 0.125. The van der Waals surface area contributed by atoms with Crippen LogP contribution in [0.4, 0.5) is 0 Å². The van der Waals surface area contributed by atoms with Crippen LogP contribution in [0.5, 0.6) is 0 Å². The highest BCUT2D eigenvalue weighted by atomic mass is 32.2. The van der Waals surface area contributed by atoms with Crippen LogP contribution in [0.25, 0.3) is 0 Å². The highest BCUT2D eigenvalue weighted by Crippen LogP contribution is 2.26. The highest BCUT2D eigenvalue weighted by Gasteiger charge is 2.25. The van der Waals surface area contributed by atoms with Crippen molar-refractivity contribution in [3.05, 3.63) is 0 Å². The second-order valence-electron chi connectivity index (χ2n) is 4.98. The quantitative estimate of drug-likeness (QED) is 0.722. The standard InChI is InChI=1S/C12H22O3S/c1-3-10(2)12(13)9-16(14,15)8-11-6-4-5-7-11/h10-11H,3-9H2,1-2H3. The highest BCUT2D eigenvalue weighted by molar-refractivity contribution is 7.92. The maximum atomic E-state index is 11.8. The van der Waals surface area contributed by atoms with Gasteiger partial charge in [-0.3, -0.25) is 4.79 Å². The van der Waals surface area contributed by atoms with Gasteiger partial charge in [-0.25, -0.2) is 8.42 Å². The minimum Gasteiger partial charge on any atom is -0.298 e. The molecule has 0 bridgehead atoms. The molecule has 0 amide bonds. The molecule has 4 heteroatoms. The van der Waals surface area contributed by atoms with E-state index in [-0.39, 0.29) is 23.2 Å². The van der Waals surface area contributed by atoms with E-state index in [1.54, 1.807) is 6.92 Å². The summed E-state index contributed by atoms with van der Waals surface area (Å²) in [5.74, 6) is 0.0156. The van der Waals surface area contributed by atoms with Crippen LogP contribution < -0.4 is 0 Å². The normalized spacial score (nSPS) is 19.9. The van der Waals surface area contributed by atoms with Gasteiger partial charge in [0.05, 0.1) is 5.75 Å². The third-order valence-corrected chi connectivity index (χ3v) is 5.19. The Bertz CT molecular complexity index is 326. The fourth-order valence-electron chi connectivity index (χ4n) is 2.18. The number of ketones is 1. The summed E-state index contributed by atoms with van der Waals surface area (Å²) >= 11 is 0. The second-order valence-corrected chi connectivity index (χ2v) is 7.09. The molecule has 0 spiro atoms. The minimum atomic E-state index is -3.17. The van der Waals surface area contributed by atoms with Crippen molar-refractivity contribution in [1.29, 1.82) is 0 Å². The summed E-state index contributed by atoms with van der Waals surface area (Å²) in [6.45, 7) is 3.71. The molecule has 1 rings (SSSR count). The molecule has 0 heterocycles. The number of hydrogen-bond donors (Lipinski definition) is 0. The second kappa shape index (κ2) is 5.80. The van der Waals surface area contributed by atoms with E-state index in [0.717, 1.165) is 32.1 Å². The van der Waals surface area contributed by atoms with Gasteiger partial charge in [0, 0.05) is 5.92 Å². The van der Waals surface area contributed by atoms with Crippen LogP contribution in [0, 0.1) is 11.8 Å². The average molecular weight is 246 g/mol. The summed E-state index contributed by atoms with van der Waals surface area (Å²) in [5.41, 5.74) is 0. The van der Waals surface area contributed by atoms with Crippen molar-refractivity contribution < 1.29 is 13.2 Å². The zero-order chi connectivity index (χ0) is 12.2. The number of Topliss-reactive ketones (excluding diaryl/α,β-unsaturated/α-hetero) is 1. The van der Waals surface area contributed by atoms with Crippen LogP contribution in [0.1, 0.15) is 46.0 Å². The molecule has 94 valence electrons. The molecule has 0 saturated heterocycles. The molecule has 0 aromatic rings. The van der Waals surface area contributed by atoms with Gasteiger partial charge in [-0.2, -0.15) is 0 Å². The van der Waals surface area contributed by atoms with Crippen LogP contribution in [-0.2, 0) is 14.6 Å². The number of hydrogen-bond acceptors (Lipinski definition) is 3. The van der Waals surface area contributed by atoms with Gasteiger partial charge in [-0.15, -0.1) is 0 Å². The van der Waals surface area contributed by atoms with E-state index in [1.165, 1.54) is 0 Å². The van der Waals surface area contributed by atoms with Crippen LogP contribution in [-0.4, -0.2) is 25.7 Å². The van der Waals surface area contributed by atoms with E-state index >= 15 is 0 Å². The molecule has 1 saturated carbocycles. The Labute approximate surface area is 98.5 Å². The number of rotatable bonds is 6. The van der Waals surface area contributed by atoms with Gasteiger partial charge in [-0.1, -0.05) is 26.7 Å². The van der Waals surface area contributed by atoms with Gasteiger partial charge >= 0.3 is 0 Å². The fraction of sp³-hybridized carbons (Fsp3) is 0.917. The Morgan fingerprint density at radius 3 is 2.38 bits per heavy atom. The Kier molecular flexibility index (Phi) is 4.96. The molecule has 0 aromatic carbocycles. The molecule has 1 aliphatic carbocycles. The zero-order valence-electron chi connectivity index (χ0n) is 10.2. The van der Waals surface area contributed by atoms with Gasteiger partial charge in [0.2, 0.25) is 0 Å².